The molecule has 0 amide bonds. The van der Waals surface area contributed by atoms with Gasteiger partial charge in [0.15, 0.2) is 0 Å². The van der Waals surface area contributed by atoms with E-state index in [1.807, 2.05) is 42.5 Å². The lowest BCUT2D eigenvalue weighted by Crippen LogP contribution is -2.41. The fourth-order valence-electron chi connectivity index (χ4n) is 3.44. The number of aryl methyl sites for hydroxylation is 1. The molecule has 1 aliphatic rings. The lowest BCUT2D eigenvalue weighted by atomic mass is 9.66. The Hall–Kier alpha value is -2.35. The summed E-state index contributed by atoms with van der Waals surface area (Å²) in [5.41, 5.74) is 2.64. The Bertz CT molecular complexity index is 675. The van der Waals surface area contributed by atoms with Gasteiger partial charge in [0.05, 0.1) is 0 Å². The van der Waals surface area contributed by atoms with Gasteiger partial charge in [-0.3, -0.25) is 4.79 Å². The second-order valence-corrected chi connectivity index (χ2v) is 5.67. The molecule has 1 aliphatic carbocycles. The molecule has 2 aromatic carbocycles. The summed E-state index contributed by atoms with van der Waals surface area (Å²) in [6.45, 7) is 3.89. The number of ether oxygens (including phenoxy) is 1. The van der Waals surface area contributed by atoms with Gasteiger partial charge in [-0.15, -0.1) is 0 Å². The highest BCUT2D eigenvalue weighted by molar-refractivity contribution is 5.88. The molecule has 2 aromatic rings. The number of benzene rings is 2. The van der Waals surface area contributed by atoms with E-state index in [1.54, 1.807) is 6.08 Å². The van der Waals surface area contributed by atoms with Crippen molar-refractivity contribution in [2.24, 2.45) is 0 Å². The van der Waals surface area contributed by atoms with Crippen molar-refractivity contribution in [3.63, 3.8) is 0 Å². The number of hydrogen-bond donors (Lipinski definition) is 0. The van der Waals surface area contributed by atoms with Gasteiger partial charge >= 0.3 is 5.97 Å². The summed E-state index contributed by atoms with van der Waals surface area (Å²) in [6.07, 6.45) is 4.39. The Balaban J connectivity index is 2.17. The number of fused-ring (bicyclic) bond motifs is 1. The molecule has 0 unspecified atom stereocenters. The molecule has 2 heteroatoms. The largest absolute Gasteiger partial charge is 0.461 e. The number of rotatable bonds is 4. The SMILES string of the molecule is C=CCOC(=O)[C@]1(c2ccccc2)CCCc2ccccc21. The van der Waals surface area contributed by atoms with Crippen LogP contribution < -0.4 is 0 Å². The molecule has 112 valence electrons. The number of carbonyl (C=O) groups is 1. The predicted molar refractivity (Wildman–Crippen MR) is 87.8 cm³/mol. The van der Waals surface area contributed by atoms with Crippen molar-refractivity contribution >= 4 is 5.97 Å². The highest BCUT2D eigenvalue weighted by Crippen LogP contribution is 2.43. The fraction of sp³-hybridized carbons (Fsp3) is 0.250. The molecule has 0 heterocycles. The molecule has 0 aliphatic heterocycles. The van der Waals surface area contributed by atoms with Crippen molar-refractivity contribution in [3.05, 3.63) is 83.9 Å². The molecule has 0 spiro atoms. The van der Waals surface area contributed by atoms with Gasteiger partial charge in [0.25, 0.3) is 0 Å². The Morgan fingerprint density at radius 2 is 1.86 bits per heavy atom. The van der Waals surface area contributed by atoms with Crippen LogP contribution in [0.1, 0.15) is 29.5 Å². The van der Waals surface area contributed by atoms with Gasteiger partial charge in [0.2, 0.25) is 0 Å². The molecule has 0 N–H and O–H groups in total. The summed E-state index contributed by atoms with van der Waals surface area (Å²) in [7, 11) is 0. The highest BCUT2D eigenvalue weighted by Gasteiger charge is 2.46. The second kappa shape index (κ2) is 6.18. The van der Waals surface area contributed by atoms with Crippen LogP contribution in [0.3, 0.4) is 0 Å². The summed E-state index contributed by atoms with van der Waals surface area (Å²) in [5, 5.41) is 0. The first-order chi connectivity index (χ1) is 10.8. The van der Waals surface area contributed by atoms with Crippen LogP contribution in [0, 0.1) is 0 Å². The standard InChI is InChI=1S/C20H20O2/c1-2-15-22-19(21)20(17-11-4-3-5-12-17)14-8-10-16-9-6-7-13-18(16)20/h2-7,9,11-13H,1,8,10,14-15H2/t20-/m0/s1. The Morgan fingerprint density at radius 1 is 1.14 bits per heavy atom. The molecule has 0 bridgehead atoms. The van der Waals surface area contributed by atoms with E-state index in [9.17, 15) is 4.79 Å². The quantitative estimate of drug-likeness (QED) is 0.628. The van der Waals surface area contributed by atoms with Crippen molar-refractivity contribution in [1.82, 2.24) is 0 Å². The molecule has 22 heavy (non-hydrogen) atoms. The van der Waals surface area contributed by atoms with E-state index in [2.05, 4.69) is 18.7 Å². The van der Waals surface area contributed by atoms with Crippen LogP contribution in [-0.2, 0) is 21.4 Å². The third kappa shape index (κ3) is 2.35. The first-order valence-corrected chi connectivity index (χ1v) is 7.71. The summed E-state index contributed by atoms with van der Waals surface area (Å²) >= 11 is 0. The smallest absolute Gasteiger partial charge is 0.321 e. The molecule has 3 rings (SSSR count). The molecule has 2 nitrogen and oxygen atoms in total. The van der Waals surface area contributed by atoms with Gasteiger partial charge in [-0.2, -0.15) is 0 Å². The minimum atomic E-state index is -0.695. The topological polar surface area (TPSA) is 26.3 Å². The first kappa shape index (κ1) is 14.6. The normalized spacial score (nSPS) is 20.0. The van der Waals surface area contributed by atoms with E-state index in [0.29, 0.717) is 0 Å². The molecule has 0 radical (unpaired) electrons. The molecular formula is C20H20O2. The lowest BCUT2D eigenvalue weighted by Gasteiger charge is -2.37. The first-order valence-electron chi connectivity index (χ1n) is 7.71. The molecule has 0 saturated heterocycles. The molecular weight excluding hydrogens is 272 g/mol. The Kier molecular flexibility index (Phi) is 4.10. The number of carbonyl (C=O) groups excluding carboxylic acids is 1. The summed E-state index contributed by atoms with van der Waals surface area (Å²) in [4.78, 5) is 13.0. The minimum Gasteiger partial charge on any atom is -0.461 e. The van der Waals surface area contributed by atoms with Gasteiger partial charge in [0, 0.05) is 0 Å². The molecule has 0 saturated carbocycles. The predicted octanol–water partition coefficient (Wildman–Crippen LogP) is 4.04. The van der Waals surface area contributed by atoms with E-state index in [1.165, 1.54) is 5.56 Å². The van der Waals surface area contributed by atoms with Crippen molar-refractivity contribution in [3.8, 4) is 0 Å². The Labute approximate surface area is 131 Å². The second-order valence-electron chi connectivity index (χ2n) is 5.67. The zero-order chi connectivity index (χ0) is 15.4. The maximum Gasteiger partial charge on any atom is 0.321 e. The third-order valence-corrected chi connectivity index (χ3v) is 4.42. The van der Waals surface area contributed by atoms with Gasteiger partial charge < -0.3 is 4.74 Å². The zero-order valence-corrected chi connectivity index (χ0v) is 12.6. The van der Waals surface area contributed by atoms with Crippen molar-refractivity contribution in [2.75, 3.05) is 6.61 Å². The van der Waals surface area contributed by atoms with Crippen LogP contribution in [0.25, 0.3) is 0 Å². The fourth-order valence-corrected chi connectivity index (χ4v) is 3.44. The Morgan fingerprint density at radius 3 is 2.64 bits per heavy atom. The van der Waals surface area contributed by atoms with Crippen LogP contribution in [-0.4, -0.2) is 12.6 Å². The molecule has 1 atom stereocenters. The van der Waals surface area contributed by atoms with Gasteiger partial charge in [-0.1, -0.05) is 67.3 Å². The zero-order valence-electron chi connectivity index (χ0n) is 12.6. The minimum absolute atomic E-state index is 0.175. The third-order valence-electron chi connectivity index (χ3n) is 4.42. The number of hydrogen-bond acceptors (Lipinski definition) is 2. The van der Waals surface area contributed by atoms with Crippen molar-refractivity contribution in [2.45, 2.75) is 24.7 Å². The van der Waals surface area contributed by atoms with Crippen LogP contribution >= 0.6 is 0 Å². The summed E-state index contributed by atoms with van der Waals surface area (Å²) in [5.74, 6) is -0.175. The maximum absolute atomic E-state index is 13.0. The van der Waals surface area contributed by atoms with E-state index in [4.69, 9.17) is 4.74 Å². The van der Waals surface area contributed by atoms with E-state index in [0.717, 1.165) is 30.4 Å². The maximum atomic E-state index is 13.0. The van der Waals surface area contributed by atoms with Crippen molar-refractivity contribution < 1.29 is 9.53 Å². The van der Waals surface area contributed by atoms with E-state index in [-0.39, 0.29) is 12.6 Å². The summed E-state index contributed by atoms with van der Waals surface area (Å²) < 4.78 is 5.49. The van der Waals surface area contributed by atoms with E-state index >= 15 is 0 Å². The van der Waals surface area contributed by atoms with Crippen LogP contribution in [0.2, 0.25) is 0 Å². The van der Waals surface area contributed by atoms with Crippen LogP contribution in [0.5, 0.6) is 0 Å². The van der Waals surface area contributed by atoms with Gasteiger partial charge in [0.1, 0.15) is 12.0 Å². The molecule has 0 aromatic heterocycles. The number of esters is 1. The van der Waals surface area contributed by atoms with Crippen LogP contribution in [0.4, 0.5) is 0 Å². The average Bonchev–Trinajstić information content (AvgIpc) is 2.59. The van der Waals surface area contributed by atoms with Gasteiger partial charge in [-0.25, -0.2) is 0 Å². The van der Waals surface area contributed by atoms with Gasteiger partial charge in [-0.05, 0) is 36.0 Å². The highest BCUT2D eigenvalue weighted by atomic mass is 16.5. The van der Waals surface area contributed by atoms with E-state index < -0.39 is 5.41 Å². The van der Waals surface area contributed by atoms with Crippen molar-refractivity contribution in [1.29, 1.82) is 0 Å². The summed E-state index contributed by atoms with van der Waals surface area (Å²) in [6, 6.07) is 18.2. The van der Waals surface area contributed by atoms with Crippen LogP contribution in [0.15, 0.2) is 67.3 Å². The lowest BCUT2D eigenvalue weighted by molar-refractivity contribution is -0.148. The average molecular weight is 292 g/mol. The molecule has 0 fully saturated rings. The monoisotopic (exact) mass is 292 g/mol.